The highest BCUT2D eigenvalue weighted by atomic mass is 16.6. The zero-order chi connectivity index (χ0) is 77.8. The van der Waals surface area contributed by atoms with Crippen molar-refractivity contribution in [3.8, 4) is 0 Å². The molecule has 5 heterocycles. The fourth-order valence-corrected chi connectivity index (χ4v) is 15.1. The standard InChI is InChI=1S/C21H33N3O3.C18H26N2O3.C17H27N3O.C16H24N2O2.C14H22N2/c1-20(2,3)27-19(26)23-12-9-18(25)24-13-10-21(16-22,11-14-24)15-17-7-5-4-6-8-17;1-23-17(22)8-7-16(21)20-11-9-18(14-19,10-12-20)13-15-5-3-2-4-6-15;1-14(2)19-16(21)20-10-8-17(13-18,9-11-20)12-15-6-4-3-5-7-15;1-20-12-15(19)18-9-7-16(13-17,8-10-18)11-14-5-3-2-4-6-14;1-16-9-7-14(12-15,8-10-16)11-13-5-3-2-4-6-13/h4-8H,9-16,22H2,1-3H3,(H,23,26);2-6H,7-14,19H2,1H3;3-7,14H,8-13,18H2,1-2H3,(H,19,21);2-6H,7-13,17H2,1H3;2-6H,7-12,15H2,1H3. The third-order valence-corrected chi connectivity index (χ3v) is 22.4. The Balaban J connectivity index is 0.000000211. The second-order valence-electron chi connectivity index (χ2n) is 32.1. The first-order valence-corrected chi connectivity index (χ1v) is 39.1. The van der Waals surface area contributed by atoms with Crippen LogP contribution in [0.4, 0.5) is 9.59 Å². The van der Waals surface area contributed by atoms with Crippen LogP contribution in [0.25, 0.3) is 0 Å². The molecular weight excluding hydrogens is 1350 g/mol. The lowest BCUT2D eigenvalue weighted by atomic mass is 9.74. The zero-order valence-electron chi connectivity index (χ0n) is 66.1. The van der Waals surface area contributed by atoms with Gasteiger partial charge in [0.25, 0.3) is 0 Å². The first-order valence-electron chi connectivity index (χ1n) is 39.1. The van der Waals surface area contributed by atoms with E-state index >= 15 is 0 Å². The van der Waals surface area contributed by atoms with E-state index in [1.807, 2.05) is 90.6 Å². The van der Waals surface area contributed by atoms with Crippen molar-refractivity contribution in [3.05, 3.63) is 179 Å². The molecule has 107 heavy (non-hydrogen) atoms. The van der Waals surface area contributed by atoms with Gasteiger partial charge in [0.05, 0.1) is 13.5 Å². The normalized spacial score (nSPS) is 17.8. The van der Waals surface area contributed by atoms with Crippen molar-refractivity contribution in [2.45, 2.75) is 162 Å². The first kappa shape index (κ1) is 88.1. The lowest BCUT2D eigenvalue weighted by molar-refractivity contribution is -0.144. The van der Waals surface area contributed by atoms with Gasteiger partial charge in [0, 0.05) is 84.9 Å². The van der Waals surface area contributed by atoms with E-state index < -0.39 is 11.7 Å². The number of benzene rings is 5. The van der Waals surface area contributed by atoms with Crippen LogP contribution in [-0.2, 0) is 65.5 Å². The van der Waals surface area contributed by atoms with Crippen LogP contribution in [0.1, 0.15) is 146 Å². The Labute approximate surface area is 640 Å². The van der Waals surface area contributed by atoms with Gasteiger partial charge in [-0.15, -0.1) is 0 Å². The second-order valence-corrected chi connectivity index (χ2v) is 32.1. The molecule has 5 aliphatic heterocycles. The van der Waals surface area contributed by atoms with E-state index in [4.69, 9.17) is 38.1 Å². The molecule has 5 aromatic rings. The number of carbonyl (C=O) groups excluding carboxylic acids is 6. The van der Waals surface area contributed by atoms with Crippen LogP contribution in [0.15, 0.2) is 152 Å². The molecule has 21 nitrogen and oxygen atoms in total. The lowest BCUT2D eigenvalue weighted by Crippen LogP contribution is -2.51. The van der Waals surface area contributed by atoms with E-state index in [0.717, 1.165) is 129 Å². The molecule has 10 rings (SSSR count). The summed E-state index contributed by atoms with van der Waals surface area (Å²) in [5, 5.41) is 5.60. The third kappa shape index (κ3) is 30.3. The summed E-state index contributed by atoms with van der Waals surface area (Å²) >= 11 is 0. The number of likely N-dealkylation sites (tertiary alicyclic amines) is 5. The number of hydrogen-bond donors (Lipinski definition) is 7. The van der Waals surface area contributed by atoms with E-state index in [2.05, 4.69) is 143 Å². The molecule has 0 aliphatic carbocycles. The minimum absolute atomic E-state index is 0.0285. The van der Waals surface area contributed by atoms with E-state index in [1.165, 1.54) is 60.9 Å². The van der Waals surface area contributed by atoms with Gasteiger partial charge in [0.2, 0.25) is 17.7 Å². The van der Waals surface area contributed by atoms with Crippen LogP contribution in [0.3, 0.4) is 0 Å². The Morgan fingerprint density at radius 3 is 0.963 bits per heavy atom. The van der Waals surface area contributed by atoms with Gasteiger partial charge in [-0.1, -0.05) is 152 Å². The molecule has 0 radical (unpaired) electrons. The predicted molar refractivity (Wildman–Crippen MR) is 429 cm³/mol. The SMILES string of the molecule is CC(C)(C)OC(=O)NCCC(=O)N1CCC(CN)(Cc2ccccc2)CC1.CC(C)NC(=O)N1CCC(CN)(Cc2ccccc2)CC1.CN1CCC(CN)(Cc2ccccc2)CC1.COC(=O)CCC(=O)N1CCC(CN)(Cc2ccccc2)CC1.COCC(=O)N1CCC(CN)(Cc2ccccc2)CC1. The maximum absolute atomic E-state index is 12.4. The van der Waals surface area contributed by atoms with E-state index in [-0.39, 0.29) is 89.8 Å². The highest BCUT2D eigenvalue weighted by Gasteiger charge is 2.39. The minimum atomic E-state index is -0.536. The number of ether oxygens (including phenoxy) is 3. The Bertz CT molecular complexity index is 3360. The quantitative estimate of drug-likeness (QED) is 0.0283. The summed E-state index contributed by atoms with van der Waals surface area (Å²) in [5.41, 5.74) is 37.2. The van der Waals surface area contributed by atoms with E-state index in [9.17, 15) is 28.8 Å². The highest BCUT2D eigenvalue weighted by molar-refractivity contribution is 5.81. The number of hydrogen-bond acceptors (Lipinski definition) is 15. The molecule has 0 bridgehead atoms. The molecule has 0 spiro atoms. The molecule has 5 saturated heterocycles. The fourth-order valence-electron chi connectivity index (χ4n) is 15.1. The van der Waals surface area contributed by atoms with Crippen molar-refractivity contribution in [1.82, 2.24) is 35.1 Å². The molecule has 6 amide bonds. The lowest BCUT2D eigenvalue weighted by Gasteiger charge is -2.41. The van der Waals surface area contributed by atoms with Crippen LogP contribution < -0.4 is 39.3 Å². The first-order chi connectivity index (χ1) is 51.3. The van der Waals surface area contributed by atoms with Crippen molar-refractivity contribution >= 4 is 35.8 Å². The monoisotopic (exact) mass is 1480 g/mol. The number of carbonyl (C=O) groups is 6. The maximum atomic E-state index is 12.4. The van der Waals surface area contributed by atoms with Crippen molar-refractivity contribution in [3.63, 3.8) is 0 Å². The number of esters is 1. The smallest absolute Gasteiger partial charge is 0.407 e. The van der Waals surface area contributed by atoms with Crippen LogP contribution in [-0.4, -0.2) is 205 Å². The van der Waals surface area contributed by atoms with Crippen molar-refractivity contribution in [2.75, 3.05) is 133 Å². The number of urea groups is 1. The second kappa shape index (κ2) is 44.6. The average molecular weight is 1480 g/mol. The summed E-state index contributed by atoms with van der Waals surface area (Å²) in [5.74, 6) is -0.161. The third-order valence-electron chi connectivity index (χ3n) is 22.4. The summed E-state index contributed by atoms with van der Waals surface area (Å²) in [6.45, 7) is 21.7. The van der Waals surface area contributed by atoms with Crippen LogP contribution >= 0.6 is 0 Å². The van der Waals surface area contributed by atoms with Crippen molar-refractivity contribution in [2.24, 2.45) is 55.7 Å². The zero-order valence-corrected chi connectivity index (χ0v) is 66.1. The molecule has 590 valence electrons. The minimum Gasteiger partial charge on any atom is -0.469 e. The van der Waals surface area contributed by atoms with Gasteiger partial charge in [-0.25, -0.2) is 9.59 Å². The molecule has 0 atom stereocenters. The Morgan fingerprint density at radius 2 is 0.692 bits per heavy atom. The van der Waals surface area contributed by atoms with E-state index in [0.29, 0.717) is 44.7 Å². The Morgan fingerprint density at radius 1 is 0.411 bits per heavy atom. The number of amides is 6. The largest absolute Gasteiger partial charge is 0.469 e. The van der Waals surface area contributed by atoms with Gasteiger partial charge >= 0.3 is 18.1 Å². The van der Waals surface area contributed by atoms with Gasteiger partial charge in [-0.05, 0) is 239 Å². The van der Waals surface area contributed by atoms with Gasteiger partial charge in [0.15, 0.2) is 0 Å². The molecule has 12 N–H and O–H groups in total. The van der Waals surface area contributed by atoms with Crippen LogP contribution in [0, 0.1) is 27.1 Å². The number of alkyl carbamates (subject to hydrolysis) is 1. The molecule has 0 saturated carbocycles. The number of piperidine rings is 5. The van der Waals surface area contributed by atoms with Gasteiger partial charge in [-0.2, -0.15) is 0 Å². The molecule has 21 heteroatoms. The summed E-state index contributed by atoms with van der Waals surface area (Å²) in [4.78, 5) is 81.2. The highest BCUT2D eigenvalue weighted by Crippen LogP contribution is 2.39. The number of rotatable bonds is 24. The Kier molecular flexibility index (Phi) is 36.8. The molecular formula is C86H132N12O9. The van der Waals surface area contributed by atoms with Crippen molar-refractivity contribution < 1.29 is 43.0 Å². The fraction of sp³-hybridized carbons (Fsp3) is 0.581. The number of nitrogens with two attached hydrogens (primary N) is 5. The Hall–Kier alpha value is -7.76. The van der Waals surface area contributed by atoms with E-state index in [1.54, 1.807) is 7.11 Å². The molecule has 0 unspecified atom stereocenters. The summed E-state index contributed by atoms with van der Waals surface area (Å²) in [6.07, 6.45) is 15.2. The topological polar surface area (TPSA) is 300 Å². The maximum Gasteiger partial charge on any atom is 0.407 e. The number of methoxy groups -OCH3 is 2. The van der Waals surface area contributed by atoms with Crippen molar-refractivity contribution in [1.29, 1.82) is 0 Å². The number of nitrogens with zero attached hydrogens (tertiary/aromatic N) is 5. The van der Waals surface area contributed by atoms with Gasteiger partial charge in [-0.3, -0.25) is 19.2 Å². The van der Waals surface area contributed by atoms with Gasteiger partial charge < -0.3 is 78.0 Å². The van der Waals surface area contributed by atoms with Crippen LogP contribution in [0.5, 0.6) is 0 Å². The van der Waals surface area contributed by atoms with Crippen LogP contribution in [0.2, 0.25) is 0 Å². The summed E-state index contributed by atoms with van der Waals surface area (Å²) < 4.78 is 14.7. The van der Waals surface area contributed by atoms with Gasteiger partial charge in [0.1, 0.15) is 12.2 Å². The molecule has 0 aromatic heterocycles. The molecule has 5 aliphatic rings. The summed E-state index contributed by atoms with van der Waals surface area (Å²) in [6, 6.07) is 52.7. The average Bonchev–Trinajstić information content (AvgIpc) is 0.473. The molecule has 5 aromatic carbocycles. The number of nitrogens with one attached hydrogen (secondary N) is 2. The summed E-state index contributed by atoms with van der Waals surface area (Å²) in [7, 11) is 5.09. The molecule has 5 fully saturated rings. The predicted octanol–water partition coefficient (Wildman–Crippen LogP) is 10.2.